The fraction of sp³-hybridized carbons (Fsp3) is 0.357. The minimum absolute atomic E-state index is 0.0658. The second kappa shape index (κ2) is 6.33. The summed E-state index contributed by atoms with van der Waals surface area (Å²) in [5, 5.41) is 16.3. The van der Waals surface area contributed by atoms with Crippen LogP contribution in [0, 0.1) is 5.82 Å². The van der Waals surface area contributed by atoms with Crippen LogP contribution in [0.4, 0.5) is 10.1 Å². The van der Waals surface area contributed by atoms with E-state index in [9.17, 15) is 4.39 Å². The van der Waals surface area contributed by atoms with E-state index in [0.29, 0.717) is 6.54 Å². The van der Waals surface area contributed by atoms with Gasteiger partial charge in [-0.1, -0.05) is 19.1 Å². The molecule has 0 saturated carbocycles. The number of hydrogen-bond acceptors (Lipinski definition) is 3. The lowest BCUT2D eigenvalue weighted by Crippen LogP contribution is -2.09. The number of nitrogens with one attached hydrogen (secondary N) is 1. The molecule has 0 fully saturated rings. The molecule has 1 aromatic carbocycles. The van der Waals surface area contributed by atoms with Gasteiger partial charge in [0, 0.05) is 6.20 Å². The van der Waals surface area contributed by atoms with Crippen LogP contribution in [-0.2, 0) is 6.54 Å². The number of aromatic nitrogens is 2. The average Bonchev–Trinajstić information content (AvgIpc) is 2.85. The SMILES string of the molecule is CCC(Nc1cnn(CCO)c1)c1ccc(F)cc1. The Kier molecular flexibility index (Phi) is 4.52. The van der Waals surface area contributed by atoms with Gasteiger partial charge in [0.2, 0.25) is 0 Å². The topological polar surface area (TPSA) is 50.1 Å². The van der Waals surface area contributed by atoms with Gasteiger partial charge in [0.05, 0.1) is 31.1 Å². The molecule has 0 radical (unpaired) electrons. The molecule has 0 aliphatic carbocycles. The van der Waals surface area contributed by atoms with E-state index in [-0.39, 0.29) is 18.5 Å². The second-order valence-corrected chi connectivity index (χ2v) is 4.37. The maximum atomic E-state index is 12.9. The molecule has 0 aliphatic rings. The van der Waals surface area contributed by atoms with Gasteiger partial charge in [-0.2, -0.15) is 5.10 Å². The fourth-order valence-electron chi connectivity index (χ4n) is 1.98. The van der Waals surface area contributed by atoms with Crippen LogP contribution in [0.2, 0.25) is 0 Å². The van der Waals surface area contributed by atoms with Gasteiger partial charge in [-0.3, -0.25) is 4.68 Å². The third-order valence-corrected chi connectivity index (χ3v) is 2.98. The van der Waals surface area contributed by atoms with E-state index < -0.39 is 0 Å². The first-order chi connectivity index (χ1) is 9.22. The number of rotatable bonds is 6. The molecular weight excluding hydrogens is 245 g/mol. The summed E-state index contributed by atoms with van der Waals surface area (Å²) in [7, 11) is 0. The zero-order valence-electron chi connectivity index (χ0n) is 10.9. The van der Waals surface area contributed by atoms with Gasteiger partial charge in [-0.25, -0.2) is 4.39 Å². The van der Waals surface area contributed by atoms with Crippen LogP contribution in [0.1, 0.15) is 24.9 Å². The molecule has 19 heavy (non-hydrogen) atoms. The van der Waals surface area contributed by atoms with Crippen LogP contribution in [0.15, 0.2) is 36.7 Å². The third kappa shape index (κ3) is 3.54. The fourth-order valence-corrected chi connectivity index (χ4v) is 1.98. The number of hydrogen-bond donors (Lipinski definition) is 2. The van der Waals surface area contributed by atoms with Gasteiger partial charge in [0.15, 0.2) is 0 Å². The molecule has 1 heterocycles. The molecule has 0 bridgehead atoms. The van der Waals surface area contributed by atoms with Crippen LogP contribution >= 0.6 is 0 Å². The highest BCUT2D eigenvalue weighted by molar-refractivity contribution is 5.41. The first kappa shape index (κ1) is 13.5. The summed E-state index contributed by atoms with van der Waals surface area (Å²) in [5.74, 6) is -0.227. The van der Waals surface area contributed by atoms with Crippen molar-refractivity contribution >= 4 is 5.69 Å². The van der Waals surface area contributed by atoms with E-state index in [1.165, 1.54) is 12.1 Å². The third-order valence-electron chi connectivity index (χ3n) is 2.98. The minimum atomic E-state index is -0.227. The Morgan fingerprint density at radius 2 is 2.11 bits per heavy atom. The summed E-state index contributed by atoms with van der Waals surface area (Å²) in [6, 6.07) is 6.62. The quantitative estimate of drug-likeness (QED) is 0.842. The van der Waals surface area contributed by atoms with Crippen LogP contribution in [0.25, 0.3) is 0 Å². The Morgan fingerprint density at radius 3 is 2.74 bits per heavy atom. The Morgan fingerprint density at radius 1 is 1.37 bits per heavy atom. The lowest BCUT2D eigenvalue weighted by atomic mass is 10.0. The molecule has 0 aliphatic heterocycles. The molecule has 0 saturated heterocycles. The summed E-state index contributed by atoms with van der Waals surface area (Å²) < 4.78 is 14.6. The molecule has 4 nitrogen and oxygen atoms in total. The van der Waals surface area contributed by atoms with Gasteiger partial charge in [-0.05, 0) is 24.1 Å². The number of aliphatic hydroxyl groups excluding tert-OH is 1. The first-order valence-corrected chi connectivity index (χ1v) is 6.38. The number of anilines is 1. The zero-order valence-corrected chi connectivity index (χ0v) is 10.9. The van der Waals surface area contributed by atoms with E-state index in [4.69, 9.17) is 5.11 Å². The molecule has 5 heteroatoms. The van der Waals surface area contributed by atoms with Crippen molar-refractivity contribution < 1.29 is 9.50 Å². The van der Waals surface area contributed by atoms with Gasteiger partial charge < -0.3 is 10.4 Å². The van der Waals surface area contributed by atoms with Crippen molar-refractivity contribution in [2.75, 3.05) is 11.9 Å². The van der Waals surface area contributed by atoms with E-state index in [1.807, 2.05) is 6.20 Å². The molecule has 102 valence electrons. The Labute approximate surface area is 111 Å². The van der Waals surface area contributed by atoms with E-state index in [0.717, 1.165) is 17.7 Å². The predicted octanol–water partition coefficient (Wildman–Crippen LogP) is 2.58. The largest absolute Gasteiger partial charge is 0.394 e. The van der Waals surface area contributed by atoms with Gasteiger partial charge in [0.25, 0.3) is 0 Å². The minimum Gasteiger partial charge on any atom is -0.394 e. The molecule has 1 unspecified atom stereocenters. The summed E-state index contributed by atoms with van der Waals surface area (Å²) in [4.78, 5) is 0. The molecule has 2 N–H and O–H groups in total. The average molecular weight is 263 g/mol. The summed E-state index contributed by atoms with van der Waals surface area (Å²) in [5.41, 5.74) is 1.93. The van der Waals surface area contributed by atoms with E-state index >= 15 is 0 Å². The number of nitrogens with zero attached hydrogens (tertiary/aromatic N) is 2. The zero-order chi connectivity index (χ0) is 13.7. The number of aliphatic hydroxyl groups is 1. The lowest BCUT2D eigenvalue weighted by Gasteiger charge is -2.17. The molecule has 2 aromatic rings. The maximum absolute atomic E-state index is 12.9. The van der Waals surface area contributed by atoms with Crippen LogP contribution in [0.5, 0.6) is 0 Å². The van der Waals surface area contributed by atoms with Gasteiger partial charge >= 0.3 is 0 Å². The van der Waals surface area contributed by atoms with Crippen LogP contribution < -0.4 is 5.32 Å². The molecule has 0 spiro atoms. The maximum Gasteiger partial charge on any atom is 0.123 e. The van der Waals surface area contributed by atoms with Crippen LogP contribution in [-0.4, -0.2) is 21.5 Å². The summed E-state index contributed by atoms with van der Waals surface area (Å²) >= 11 is 0. The molecule has 0 amide bonds. The molecular formula is C14H18FN3O. The summed E-state index contributed by atoms with van der Waals surface area (Å²) in [6.07, 6.45) is 4.46. The molecule has 2 rings (SSSR count). The van der Waals surface area contributed by atoms with Crippen molar-refractivity contribution in [1.82, 2.24) is 9.78 Å². The van der Waals surface area contributed by atoms with Crippen molar-refractivity contribution in [3.05, 3.63) is 48.0 Å². The number of halogens is 1. The van der Waals surface area contributed by atoms with E-state index in [1.54, 1.807) is 23.0 Å². The first-order valence-electron chi connectivity index (χ1n) is 6.38. The number of benzene rings is 1. The smallest absolute Gasteiger partial charge is 0.123 e. The Balaban J connectivity index is 2.07. The second-order valence-electron chi connectivity index (χ2n) is 4.37. The monoisotopic (exact) mass is 263 g/mol. The summed E-state index contributed by atoms with van der Waals surface area (Å²) in [6.45, 7) is 2.62. The van der Waals surface area contributed by atoms with Gasteiger partial charge in [-0.15, -0.1) is 0 Å². The molecule has 1 atom stereocenters. The normalized spacial score (nSPS) is 12.4. The van der Waals surface area contributed by atoms with Crippen molar-refractivity contribution in [1.29, 1.82) is 0 Å². The van der Waals surface area contributed by atoms with Crippen molar-refractivity contribution in [2.24, 2.45) is 0 Å². The Bertz CT molecular complexity index is 510. The van der Waals surface area contributed by atoms with Crippen molar-refractivity contribution in [3.63, 3.8) is 0 Å². The van der Waals surface area contributed by atoms with Crippen LogP contribution in [0.3, 0.4) is 0 Å². The van der Waals surface area contributed by atoms with Crippen molar-refractivity contribution in [2.45, 2.75) is 25.9 Å². The highest BCUT2D eigenvalue weighted by Gasteiger charge is 2.10. The Hall–Kier alpha value is -1.88. The lowest BCUT2D eigenvalue weighted by molar-refractivity contribution is 0.269. The van der Waals surface area contributed by atoms with E-state index in [2.05, 4.69) is 17.3 Å². The highest BCUT2D eigenvalue weighted by Crippen LogP contribution is 2.22. The van der Waals surface area contributed by atoms with Gasteiger partial charge in [0.1, 0.15) is 5.82 Å². The predicted molar refractivity (Wildman–Crippen MR) is 72.4 cm³/mol. The highest BCUT2D eigenvalue weighted by atomic mass is 19.1. The standard InChI is InChI=1S/C14H18FN3O/c1-2-14(11-3-5-12(15)6-4-11)17-13-9-16-18(10-13)7-8-19/h3-6,9-10,14,17,19H,2,7-8H2,1H3. The molecule has 1 aromatic heterocycles. The van der Waals surface area contributed by atoms with Crippen molar-refractivity contribution in [3.8, 4) is 0 Å².